The molecule has 0 aliphatic carbocycles. The molecule has 0 radical (unpaired) electrons. The first kappa shape index (κ1) is 15.9. The van der Waals surface area contributed by atoms with Crippen LogP contribution in [-0.4, -0.2) is 56.3 Å². The highest BCUT2D eigenvalue weighted by Gasteiger charge is 2.30. The second-order valence-corrected chi connectivity index (χ2v) is 7.24. The number of carbonyl (C=O) groups excluding carboxylic acids is 1. The Labute approximate surface area is 125 Å². The van der Waals surface area contributed by atoms with E-state index in [1.165, 1.54) is 19.2 Å². The molecule has 2 N–H and O–H groups in total. The van der Waals surface area contributed by atoms with Crippen LogP contribution >= 0.6 is 0 Å². The molecule has 1 atom stereocenters. The van der Waals surface area contributed by atoms with Crippen LogP contribution < -0.4 is 5.73 Å². The van der Waals surface area contributed by atoms with E-state index in [1.807, 2.05) is 0 Å². The van der Waals surface area contributed by atoms with Gasteiger partial charge in [-0.25, -0.2) is 8.42 Å². The minimum atomic E-state index is -3.63. The number of likely N-dealkylation sites (N-methyl/N-ethyl adjacent to an activating group) is 1. The number of rotatable bonds is 5. The summed E-state index contributed by atoms with van der Waals surface area (Å²) < 4.78 is 25.8. The van der Waals surface area contributed by atoms with Crippen LogP contribution in [0.2, 0.25) is 0 Å². The molecule has 1 aromatic rings. The number of hydrogen-bond acceptors (Lipinski definition) is 4. The summed E-state index contributed by atoms with van der Waals surface area (Å²) in [5.74, 6) is -0.190. The molecule has 116 valence electrons. The van der Waals surface area contributed by atoms with Gasteiger partial charge in [0.2, 0.25) is 15.9 Å². The minimum Gasteiger partial charge on any atom is -0.337 e. The maximum atomic E-state index is 12.4. The monoisotopic (exact) mass is 311 g/mol. The molecule has 1 aliphatic heterocycles. The van der Waals surface area contributed by atoms with Gasteiger partial charge in [-0.3, -0.25) is 4.79 Å². The summed E-state index contributed by atoms with van der Waals surface area (Å²) in [6, 6.07) is 8.15. The summed E-state index contributed by atoms with van der Waals surface area (Å²) in [4.78, 5) is 14.2. The Kier molecular flexibility index (Phi) is 4.97. The van der Waals surface area contributed by atoms with Crippen molar-refractivity contribution in [3.8, 4) is 0 Å². The summed E-state index contributed by atoms with van der Waals surface area (Å²) in [7, 11) is -2.21. The van der Waals surface area contributed by atoms with Gasteiger partial charge in [0.15, 0.2) is 0 Å². The topological polar surface area (TPSA) is 83.7 Å². The zero-order valence-electron chi connectivity index (χ0n) is 12.1. The third-order valence-electron chi connectivity index (χ3n) is 3.78. The average molecular weight is 311 g/mol. The summed E-state index contributed by atoms with van der Waals surface area (Å²) >= 11 is 0. The molecule has 7 heteroatoms. The number of sulfonamides is 1. The molecule has 21 heavy (non-hydrogen) atoms. The lowest BCUT2D eigenvalue weighted by Crippen LogP contribution is -2.45. The fraction of sp³-hybridized carbons (Fsp3) is 0.500. The van der Waals surface area contributed by atoms with Crippen molar-refractivity contribution >= 4 is 15.9 Å². The molecule has 0 aromatic heterocycles. The zero-order chi connectivity index (χ0) is 15.5. The molecule has 1 saturated heterocycles. The second-order valence-electron chi connectivity index (χ2n) is 5.19. The largest absolute Gasteiger partial charge is 0.337 e. The van der Waals surface area contributed by atoms with E-state index in [1.54, 1.807) is 23.1 Å². The third kappa shape index (κ3) is 3.42. The smallest absolute Gasteiger partial charge is 0.243 e. The van der Waals surface area contributed by atoms with Crippen molar-refractivity contribution in [1.29, 1.82) is 0 Å². The van der Waals surface area contributed by atoms with Crippen LogP contribution in [0.4, 0.5) is 0 Å². The van der Waals surface area contributed by atoms with E-state index in [4.69, 9.17) is 5.73 Å². The van der Waals surface area contributed by atoms with Crippen LogP contribution in [0, 0.1) is 0 Å². The lowest BCUT2D eigenvalue weighted by Gasteiger charge is -2.26. The van der Waals surface area contributed by atoms with E-state index in [-0.39, 0.29) is 23.4 Å². The van der Waals surface area contributed by atoms with Crippen LogP contribution in [0.1, 0.15) is 12.8 Å². The van der Waals surface area contributed by atoms with Crippen LogP contribution in [0.3, 0.4) is 0 Å². The van der Waals surface area contributed by atoms with Crippen molar-refractivity contribution in [2.24, 2.45) is 5.73 Å². The van der Waals surface area contributed by atoms with Crippen LogP contribution in [-0.2, 0) is 14.8 Å². The molecular weight excluding hydrogens is 290 g/mol. The molecule has 0 spiro atoms. The molecule has 1 heterocycles. The lowest BCUT2D eigenvalue weighted by molar-refractivity contribution is -0.131. The Balaban J connectivity index is 2.07. The van der Waals surface area contributed by atoms with Crippen LogP contribution in [0.25, 0.3) is 0 Å². The predicted octanol–water partition coefficient (Wildman–Crippen LogP) is 0.257. The summed E-state index contributed by atoms with van der Waals surface area (Å²) in [5, 5.41) is 0. The van der Waals surface area contributed by atoms with Gasteiger partial charge in [-0.2, -0.15) is 4.31 Å². The Morgan fingerprint density at radius 1 is 1.38 bits per heavy atom. The van der Waals surface area contributed by atoms with Crippen molar-refractivity contribution in [2.75, 3.05) is 26.7 Å². The van der Waals surface area contributed by atoms with Crippen LogP contribution in [0.5, 0.6) is 0 Å². The standard InChI is InChI=1S/C14H21N3O3S/c1-16(21(19,20)13-7-3-2-4-8-13)11-14(18)17-9-5-6-12(17)10-15/h2-4,7-8,12H,5-6,9-11,15H2,1H3. The average Bonchev–Trinajstić information content (AvgIpc) is 2.96. The Morgan fingerprint density at radius 2 is 2.05 bits per heavy atom. The molecule has 6 nitrogen and oxygen atoms in total. The quantitative estimate of drug-likeness (QED) is 0.845. The number of hydrogen-bond donors (Lipinski definition) is 1. The van der Waals surface area contributed by atoms with Crippen molar-refractivity contribution in [1.82, 2.24) is 9.21 Å². The van der Waals surface area contributed by atoms with Crippen molar-refractivity contribution in [3.63, 3.8) is 0 Å². The van der Waals surface area contributed by atoms with E-state index in [2.05, 4.69) is 0 Å². The lowest BCUT2D eigenvalue weighted by atomic mass is 10.2. The highest BCUT2D eigenvalue weighted by molar-refractivity contribution is 7.89. The van der Waals surface area contributed by atoms with Gasteiger partial charge in [-0.1, -0.05) is 18.2 Å². The zero-order valence-corrected chi connectivity index (χ0v) is 12.9. The maximum Gasteiger partial charge on any atom is 0.243 e. The number of benzene rings is 1. The molecule has 1 unspecified atom stereocenters. The van der Waals surface area contributed by atoms with Gasteiger partial charge in [-0.15, -0.1) is 0 Å². The molecule has 1 aromatic carbocycles. The van der Waals surface area contributed by atoms with Gasteiger partial charge in [0, 0.05) is 26.2 Å². The highest BCUT2D eigenvalue weighted by Crippen LogP contribution is 2.18. The number of carbonyl (C=O) groups is 1. The van der Waals surface area contributed by atoms with Gasteiger partial charge >= 0.3 is 0 Å². The summed E-state index contributed by atoms with van der Waals surface area (Å²) in [6.45, 7) is 0.911. The molecule has 2 rings (SSSR count). The van der Waals surface area contributed by atoms with E-state index >= 15 is 0 Å². The minimum absolute atomic E-state index is 0.0327. The normalized spacial score (nSPS) is 19.2. The van der Waals surface area contributed by atoms with E-state index in [0.717, 1.165) is 17.1 Å². The first-order chi connectivity index (χ1) is 9.96. The molecule has 1 aliphatic rings. The molecule has 1 fully saturated rings. The molecule has 0 bridgehead atoms. The van der Waals surface area contributed by atoms with Crippen molar-refractivity contribution in [3.05, 3.63) is 30.3 Å². The fourth-order valence-electron chi connectivity index (χ4n) is 2.55. The summed E-state index contributed by atoms with van der Waals surface area (Å²) in [6.07, 6.45) is 1.81. The number of nitrogens with two attached hydrogens (primary N) is 1. The van der Waals surface area contributed by atoms with Gasteiger partial charge in [0.25, 0.3) is 0 Å². The van der Waals surface area contributed by atoms with Crippen LogP contribution in [0.15, 0.2) is 35.2 Å². The SMILES string of the molecule is CN(CC(=O)N1CCCC1CN)S(=O)(=O)c1ccccc1. The van der Waals surface area contributed by atoms with Gasteiger partial charge < -0.3 is 10.6 Å². The Hall–Kier alpha value is -1.44. The molecule has 0 saturated carbocycles. The van der Waals surface area contributed by atoms with Crippen molar-refractivity contribution in [2.45, 2.75) is 23.8 Å². The predicted molar refractivity (Wildman–Crippen MR) is 80.0 cm³/mol. The Bertz CT molecular complexity index is 589. The first-order valence-electron chi connectivity index (χ1n) is 6.97. The van der Waals surface area contributed by atoms with Gasteiger partial charge in [0.1, 0.15) is 0 Å². The molecular formula is C14H21N3O3S. The van der Waals surface area contributed by atoms with E-state index < -0.39 is 10.0 Å². The fourth-order valence-corrected chi connectivity index (χ4v) is 3.69. The number of likely N-dealkylation sites (tertiary alicyclic amines) is 1. The third-order valence-corrected chi connectivity index (χ3v) is 5.60. The van der Waals surface area contributed by atoms with Gasteiger partial charge in [0.05, 0.1) is 11.4 Å². The van der Waals surface area contributed by atoms with Crippen molar-refractivity contribution < 1.29 is 13.2 Å². The Morgan fingerprint density at radius 3 is 2.67 bits per heavy atom. The summed E-state index contributed by atoms with van der Waals surface area (Å²) in [5.41, 5.74) is 5.64. The first-order valence-corrected chi connectivity index (χ1v) is 8.41. The maximum absolute atomic E-state index is 12.4. The molecule has 1 amide bonds. The second kappa shape index (κ2) is 6.55. The number of nitrogens with zero attached hydrogens (tertiary/aromatic N) is 2. The highest BCUT2D eigenvalue weighted by atomic mass is 32.2. The number of amides is 1. The van der Waals surface area contributed by atoms with E-state index in [9.17, 15) is 13.2 Å². The van der Waals surface area contributed by atoms with Gasteiger partial charge in [-0.05, 0) is 25.0 Å². The van der Waals surface area contributed by atoms with E-state index in [0.29, 0.717) is 13.1 Å².